The zero-order chi connectivity index (χ0) is 24.4. The van der Waals surface area contributed by atoms with Gasteiger partial charge in [0.15, 0.2) is 5.11 Å². The van der Waals surface area contributed by atoms with Gasteiger partial charge in [0.1, 0.15) is 5.75 Å². The van der Waals surface area contributed by atoms with Gasteiger partial charge < -0.3 is 24.4 Å². The van der Waals surface area contributed by atoms with Crippen molar-refractivity contribution in [1.29, 1.82) is 0 Å². The predicted octanol–water partition coefficient (Wildman–Crippen LogP) is 5.08. The molecule has 180 valence electrons. The number of ether oxygens (including phenoxy) is 1. The van der Waals surface area contributed by atoms with Crippen LogP contribution < -0.4 is 10.1 Å². The van der Waals surface area contributed by atoms with Crippen LogP contribution in [0.2, 0.25) is 5.02 Å². The summed E-state index contributed by atoms with van der Waals surface area (Å²) in [5.74, 6) is 0.780. The Morgan fingerprint density at radius 1 is 1.18 bits per heavy atom. The summed E-state index contributed by atoms with van der Waals surface area (Å²) in [5.41, 5.74) is 5.37. The molecule has 8 heteroatoms. The summed E-state index contributed by atoms with van der Waals surface area (Å²) in [7, 11) is 5.88. The van der Waals surface area contributed by atoms with E-state index in [1.165, 1.54) is 5.56 Å². The van der Waals surface area contributed by atoms with Gasteiger partial charge in [0, 0.05) is 29.2 Å². The summed E-state index contributed by atoms with van der Waals surface area (Å²) < 4.78 is 7.88. The molecule has 1 saturated heterocycles. The number of halogens is 1. The van der Waals surface area contributed by atoms with E-state index >= 15 is 0 Å². The van der Waals surface area contributed by atoms with Gasteiger partial charge in [-0.15, -0.1) is 0 Å². The van der Waals surface area contributed by atoms with Crippen molar-refractivity contribution in [2.24, 2.45) is 0 Å². The summed E-state index contributed by atoms with van der Waals surface area (Å²) in [6.07, 6.45) is 2.85. The first-order valence-corrected chi connectivity index (χ1v) is 12.3. The monoisotopic (exact) mass is 497 g/mol. The van der Waals surface area contributed by atoms with Gasteiger partial charge in [-0.2, -0.15) is 0 Å². The van der Waals surface area contributed by atoms with Crippen LogP contribution in [0, 0.1) is 13.8 Å². The van der Waals surface area contributed by atoms with Crippen molar-refractivity contribution >= 4 is 28.9 Å². The molecule has 0 unspecified atom stereocenters. The van der Waals surface area contributed by atoms with E-state index < -0.39 is 0 Å². The van der Waals surface area contributed by atoms with Crippen LogP contribution in [-0.2, 0) is 0 Å². The van der Waals surface area contributed by atoms with Gasteiger partial charge in [0.2, 0.25) is 0 Å². The van der Waals surface area contributed by atoms with Gasteiger partial charge in [-0.25, -0.2) is 0 Å². The number of methoxy groups -OCH3 is 1. The third-order valence-corrected chi connectivity index (χ3v) is 6.96. The summed E-state index contributed by atoms with van der Waals surface area (Å²) >= 11 is 12.2. The highest BCUT2D eigenvalue weighted by Gasteiger charge is 2.41. The summed E-state index contributed by atoms with van der Waals surface area (Å²) in [6.45, 7) is 6.13. The zero-order valence-electron chi connectivity index (χ0n) is 20.4. The number of nitrogens with zero attached hydrogens (tertiary/aromatic N) is 4. The minimum absolute atomic E-state index is 0.0229. The molecule has 0 spiro atoms. The largest absolute Gasteiger partial charge is 0.495 e. The number of aromatic nitrogens is 2. The van der Waals surface area contributed by atoms with Crippen LogP contribution in [0.25, 0.3) is 5.69 Å². The van der Waals surface area contributed by atoms with Crippen LogP contribution in [0.1, 0.15) is 41.1 Å². The molecule has 0 amide bonds. The molecule has 1 N–H and O–H groups in total. The smallest absolute Gasteiger partial charge is 0.170 e. The second-order valence-corrected chi connectivity index (χ2v) is 9.78. The van der Waals surface area contributed by atoms with Gasteiger partial charge in [-0.3, -0.25) is 4.98 Å². The van der Waals surface area contributed by atoms with Crippen LogP contribution in [0.3, 0.4) is 0 Å². The van der Waals surface area contributed by atoms with Crippen LogP contribution in [-0.4, -0.2) is 58.8 Å². The van der Waals surface area contributed by atoms with Gasteiger partial charge in [-0.05, 0) is 95.1 Å². The van der Waals surface area contributed by atoms with Crippen molar-refractivity contribution in [2.45, 2.75) is 32.4 Å². The van der Waals surface area contributed by atoms with Gasteiger partial charge in [-0.1, -0.05) is 17.7 Å². The van der Waals surface area contributed by atoms with E-state index in [1.54, 1.807) is 7.11 Å². The maximum Gasteiger partial charge on any atom is 0.170 e. The molecule has 3 aromatic rings. The van der Waals surface area contributed by atoms with Gasteiger partial charge in [0.25, 0.3) is 0 Å². The highest BCUT2D eigenvalue weighted by atomic mass is 35.5. The number of nitrogens with one attached hydrogen (secondary N) is 1. The zero-order valence-corrected chi connectivity index (χ0v) is 22.0. The van der Waals surface area contributed by atoms with Crippen molar-refractivity contribution in [3.8, 4) is 11.4 Å². The van der Waals surface area contributed by atoms with Crippen LogP contribution in [0.4, 0.5) is 0 Å². The van der Waals surface area contributed by atoms with E-state index in [9.17, 15) is 0 Å². The van der Waals surface area contributed by atoms with Crippen molar-refractivity contribution in [1.82, 2.24) is 24.7 Å². The number of rotatable bonds is 8. The van der Waals surface area contributed by atoms with Crippen molar-refractivity contribution < 1.29 is 4.74 Å². The Morgan fingerprint density at radius 2 is 1.97 bits per heavy atom. The molecule has 0 aliphatic carbocycles. The minimum atomic E-state index is -0.0386. The lowest BCUT2D eigenvalue weighted by molar-refractivity contribution is 0.292. The van der Waals surface area contributed by atoms with Crippen molar-refractivity contribution in [2.75, 3.05) is 34.3 Å². The van der Waals surface area contributed by atoms with E-state index in [4.69, 9.17) is 28.6 Å². The lowest BCUT2D eigenvalue weighted by Crippen LogP contribution is -2.32. The number of thiocarbonyl (C=S) groups is 1. The molecule has 1 fully saturated rings. The van der Waals surface area contributed by atoms with E-state index in [0.29, 0.717) is 5.02 Å². The Morgan fingerprint density at radius 3 is 2.65 bits per heavy atom. The van der Waals surface area contributed by atoms with E-state index in [1.807, 2.05) is 36.5 Å². The summed E-state index contributed by atoms with van der Waals surface area (Å²) in [5, 5.41) is 5.00. The number of hydrogen-bond acceptors (Lipinski definition) is 4. The minimum Gasteiger partial charge on any atom is -0.495 e. The first-order chi connectivity index (χ1) is 16.3. The molecule has 1 aromatic carbocycles. The molecule has 2 aromatic heterocycles. The Balaban J connectivity index is 1.81. The van der Waals surface area contributed by atoms with Gasteiger partial charge >= 0.3 is 0 Å². The molecule has 0 bridgehead atoms. The third-order valence-electron chi connectivity index (χ3n) is 6.37. The lowest BCUT2D eigenvalue weighted by Gasteiger charge is -2.28. The summed E-state index contributed by atoms with van der Waals surface area (Å²) in [6, 6.07) is 14.0. The fourth-order valence-electron chi connectivity index (χ4n) is 4.84. The molecule has 4 rings (SSSR count). The number of hydrogen-bond donors (Lipinski definition) is 1. The normalized spacial score (nSPS) is 18.0. The maximum atomic E-state index is 6.37. The quantitative estimate of drug-likeness (QED) is 0.438. The predicted molar refractivity (Wildman–Crippen MR) is 142 cm³/mol. The molecule has 2 atom stereocenters. The standard InChI is InChI=1S/C26H32ClN5OS/c1-17-15-20(18(2)32(17)22-16-19(27)10-11-23(22)33-5)25-24(21-9-6-7-12-28-21)29-26(34)31(25)14-8-13-30(3)4/h6-7,9-12,15-16,24-25H,8,13-14H2,1-5H3,(H,29,34)/t24-,25+/m1/s1. The second kappa shape index (κ2) is 10.3. The van der Waals surface area contributed by atoms with E-state index in [-0.39, 0.29) is 12.1 Å². The van der Waals surface area contributed by atoms with E-state index in [0.717, 1.165) is 53.1 Å². The summed E-state index contributed by atoms with van der Waals surface area (Å²) in [4.78, 5) is 9.19. The Kier molecular flexibility index (Phi) is 7.45. The Labute approximate surface area is 212 Å². The third kappa shape index (κ3) is 4.78. The molecule has 0 radical (unpaired) electrons. The average Bonchev–Trinajstić information content (AvgIpc) is 3.29. The van der Waals surface area contributed by atoms with Crippen LogP contribution in [0.15, 0.2) is 48.7 Å². The molecular weight excluding hydrogens is 466 g/mol. The van der Waals surface area contributed by atoms with Crippen LogP contribution >= 0.6 is 23.8 Å². The molecule has 34 heavy (non-hydrogen) atoms. The highest BCUT2D eigenvalue weighted by molar-refractivity contribution is 7.80. The number of pyridine rings is 1. The lowest BCUT2D eigenvalue weighted by atomic mass is 9.96. The SMILES string of the molecule is COc1ccc(Cl)cc1-n1c(C)cc([C@H]2[C@@H](c3ccccn3)NC(=S)N2CCCN(C)C)c1C. The number of benzene rings is 1. The Hall–Kier alpha value is -2.61. The van der Waals surface area contributed by atoms with Gasteiger partial charge in [0.05, 0.1) is 30.6 Å². The van der Waals surface area contributed by atoms with Crippen molar-refractivity contribution in [3.63, 3.8) is 0 Å². The molecule has 1 aliphatic heterocycles. The van der Waals surface area contributed by atoms with Crippen molar-refractivity contribution in [3.05, 3.63) is 76.3 Å². The first kappa shape index (κ1) is 24.5. The molecule has 1 aliphatic rings. The van der Waals surface area contributed by atoms with E-state index in [2.05, 4.69) is 64.7 Å². The number of aryl methyl sites for hydroxylation is 1. The molecular formula is C26H32ClN5OS. The second-order valence-electron chi connectivity index (χ2n) is 8.95. The first-order valence-electron chi connectivity index (χ1n) is 11.5. The highest BCUT2D eigenvalue weighted by Crippen LogP contribution is 2.42. The molecule has 6 nitrogen and oxygen atoms in total. The Bertz CT molecular complexity index is 1160. The molecule has 0 saturated carbocycles. The fraction of sp³-hybridized carbons (Fsp3) is 0.385. The fourth-order valence-corrected chi connectivity index (χ4v) is 5.34. The topological polar surface area (TPSA) is 45.6 Å². The van der Waals surface area contributed by atoms with Crippen LogP contribution in [0.5, 0.6) is 5.75 Å². The average molecular weight is 498 g/mol. The maximum absolute atomic E-state index is 6.37. The molecule has 3 heterocycles.